The molecule has 7 heavy (non-hydrogen) atoms. The average molecular weight is 260 g/mol. The molecular weight excluding hydrogens is 253 g/mol. The minimum absolute atomic E-state index is 0. The van der Waals surface area contributed by atoms with Crippen molar-refractivity contribution in [2.24, 2.45) is 0 Å². The molecule has 46 valence electrons. The number of hydrogen-bond acceptors (Lipinski definition) is 3. The molecule has 0 unspecified atom stereocenters. The fourth-order valence-electron chi connectivity index (χ4n) is 0. The van der Waals surface area contributed by atoms with Gasteiger partial charge in [-0.3, -0.25) is 0 Å². The molecular formula is H7BaClO5. The molecule has 0 radical (unpaired) electrons. The third-order valence-electron chi connectivity index (χ3n) is 0. The van der Waals surface area contributed by atoms with Crippen LogP contribution in [0, 0.1) is 10.8 Å². The van der Waals surface area contributed by atoms with Crippen LogP contribution in [0.2, 0.25) is 0 Å². The number of hydrogen-bond donors (Lipinski definition) is 1. The third kappa shape index (κ3) is 89.0. The Balaban J connectivity index is -0.00000000450. The van der Waals surface area contributed by atoms with E-state index in [9.17, 15) is 0 Å². The summed E-state index contributed by atoms with van der Waals surface area (Å²) in [5, 5.41) is 0. The first-order chi connectivity index (χ1) is 1.73. The van der Waals surface area contributed by atoms with Crippen molar-refractivity contribution in [2.45, 2.75) is 0 Å². The van der Waals surface area contributed by atoms with Crippen LogP contribution >= 0.6 is 0 Å². The molecule has 7 heteroatoms. The SMILES string of the molecule is O.O.[Ba+2].[H-].[H-].[O-][Cl+2]([O-])O. The van der Waals surface area contributed by atoms with E-state index in [1.165, 1.54) is 0 Å². The van der Waals surface area contributed by atoms with Gasteiger partial charge >= 0.3 is 48.9 Å². The van der Waals surface area contributed by atoms with Gasteiger partial charge in [-0.2, -0.15) is 0 Å². The van der Waals surface area contributed by atoms with E-state index >= 15 is 0 Å². The first-order valence-corrected chi connectivity index (χ1v) is 1.43. The zero-order valence-corrected chi connectivity index (χ0v) is 8.55. The molecule has 5 nitrogen and oxygen atoms in total. The van der Waals surface area contributed by atoms with Gasteiger partial charge in [-0.1, -0.05) is 0 Å². The maximum Gasteiger partial charge on any atom is 2.00 e. The maximum absolute atomic E-state index is 8.52. The molecule has 0 aliphatic rings. The summed E-state index contributed by atoms with van der Waals surface area (Å²) in [4.78, 5) is 0. The fraction of sp³-hybridized carbons (Fsp3) is 0. The van der Waals surface area contributed by atoms with E-state index in [0.717, 1.165) is 0 Å². The standard InChI is InChI=1S/Ba.ClHO3.2H2O.2H/c;2-1(3)4;;;;/h;2H;2*1H2;;/q+2;;;;2*-1. The summed E-state index contributed by atoms with van der Waals surface area (Å²) >= 11 is 0. The van der Waals surface area contributed by atoms with E-state index in [0.29, 0.717) is 0 Å². The minimum Gasteiger partial charge on any atom is -1.00 e. The molecule has 0 amide bonds. The minimum atomic E-state index is -2.60. The quantitative estimate of drug-likeness (QED) is 0.439. The van der Waals surface area contributed by atoms with E-state index < -0.39 is 10.8 Å². The van der Waals surface area contributed by atoms with Crippen molar-refractivity contribution in [3.8, 4) is 0 Å². The number of rotatable bonds is 0. The summed E-state index contributed by atoms with van der Waals surface area (Å²) < 4.78 is 24.0. The summed E-state index contributed by atoms with van der Waals surface area (Å²) in [7, 11) is -2.60. The van der Waals surface area contributed by atoms with Gasteiger partial charge in [-0.15, -0.1) is 0 Å². The second-order valence-electron chi connectivity index (χ2n) is 0.201. The van der Waals surface area contributed by atoms with Crippen molar-refractivity contribution in [1.82, 2.24) is 0 Å². The van der Waals surface area contributed by atoms with Crippen molar-refractivity contribution in [1.29, 1.82) is 0 Å². The molecule has 0 aromatic heterocycles. The van der Waals surface area contributed by atoms with Crippen molar-refractivity contribution in [2.75, 3.05) is 0 Å². The second kappa shape index (κ2) is 15.6. The molecule has 0 aliphatic carbocycles. The van der Waals surface area contributed by atoms with Gasteiger partial charge in [0.05, 0.1) is 0 Å². The molecule has 0 bridgehead atoms. The van der Waals surface area contributed by atoms with Crippen molar-refractivity contribution in [3.63, 3.8) is 0 Å². The predicted molar refractivity (Wildman–Crippen MR) is 17.4 cm³/mol. The van der Waals surface area contributed by atoms with E-state index in [2.05, 4.69) is 0 Å². The van der Waals surface area contributed by atoms with E-state index in [1.807, 2.05) is 0 Å². The third-order valence-corrected chi connectivity index (χ3v) is 0. The second-order valence-corrected chi connectivity index (χ2v) is 0.603. The zero-order valence-electron chi connectivity index (χ0n) is 5.35. The van der Waals surface area contributed by atoms with Gasteiger partial charge in [0.25, 0.3) is 10.8 Å². The first kappa shape index (κ1) is 23.4. The Labute approximate surface area is 86.4 Å². The smallest absolute Gasteiger partial charge is 1.00 e. The zero-order chi connectivity index (χ0) is 3.58. The Morgan fingerprint density at radius 2 is 1.29 bits per heavy atom. The van der Waals surface area contributed by atoms with Gasteiger partial charge in [0, 0.05) is 4.66 Å². The van der Waals surface area contributed by atoms with Crippen LogP contribution in [0.15, 0.2) is 0 Å². The largest absolute Gasteiger partial charge is 2.00 e. The van der Waals surface area contributed by atoms with Gasteiger partial charge in [0.1, 0.15) is 0 Å². The van der Waals surface area contributed by atoms with Crippen LogP contribution in [0.25, 0.3) is 0 Å². The Bertz CT molecular complexity index is 19.7. The van der Waals surface area contributed by atoms with Crippen LogP contribution in [0.1, 0.15) is 2.85 Å². The summed E-state index contributed by atoms with van der Waals surface area (Å²) in [5.74, 6) is 0. The predicted octanol–water partition coefficient (Wildman–Crippen LogP) is -4.74. The molecule has 5 N–H and O–H groups in total. The van der Waals surface area contributed by atoms with E-state index in [-0.39, 0.29) is 62.7 Å². The van der Waals surface area contributed by atoms with Crippen LogP contribution in [0.4, 0.5) is 0 Å². The van der Waals surface area contributed by atoms with Gasteiger partial charge in [-0.25, -0.2) is 0 Å². The van der Waals surface area contributed by atoms with Crippen molar-refractivity contribution >= 4 is 48.9 Å². The van der Waals surface area contributed by atoms with Crippen LogP contribution in [-0.4, -0.2) is 64.5 Å². The maximum atomic E-state index is 8.52. The van der Waals surface area contributed by atoms with E-state index in [4.69, 9.17) is 14.0 Å². The topological polar surface area (TPSA) is 129 Å². The summed E-state index contributed by atoms with van der Waals surface area (Å²) in [6, 6.07) is 0. The number of halogens is 1. The van der Waals surface area contributed by atoms with Crippen LogP contribution in [0.5, 0.6) is 0 Å². The van der Waals surface area contributed by atoms with Crippen LogP contribution in [-0.2, 0) is 0 Å². The fourth-order valence-corrected chi connectivity index (χ4v) is 0. The normalized spacial score (nSPS) is 5.14. The van der Waals surface area contributed by atoms with Crippen LogP contribution < -0.4 is 9.32 Å². The van der Waals surface area contributed by atoms with Gasteiger partial charge < -0.3 is 23.1 Å². The molecule has 0 saturated heterocycles. The van der Waals surface area contributed by atoms with Crippen molar-refractivity contribution < 1.29 is 38.6 Å². The van der Waals surface area contributed by atoms with Crippen molar-refractivity contribution in [3.05, 3.63) is 0 Å². The Hall–Kier alpha value is 1.66. The Morgan fingerprint density at radius 1 is 1.29 bits per heavy atom. The van der Waals surface area contributed by atoms with E-state index in [1.54, 1.807) is 0 Å². The van der Waals surface area contributed by atoms with Gasteiger partial charge in [0.15, 0.2) is 0 Å². The Kier molecular flexibility index (Phi) is 52.3. The molecule has 0 saturated carbocycles. The molecule has 0 aromatic carbocycles. The van der Waals surface area contributed by atoms with Crippen LogP contribution in [0.3, 0.4) is 0 Å². The summed E-state index contributed by atoms with van der Waals surface area (Å²) in [5.41, 5.74) is 0. The average Bonchev–Trinajstić information content (AvgIpc) is 0.811. The molecule has 0 fully saturated rings. The molecule has 0 rings (SSSR count). The van der Waals surface area contributed by atoms with Gasteiger partial charge in [-0.05, 0) is 0 Å². The molecule has 0 aliphatic heterocycles. The molecule has 0 aromatic rings. The molecule has 0 heterocycles. The first-order valence-electron chi connectivity index (χ1n) is 0.478. The molecule has 0 atom stereocenters. The van der Waals surface area contributed by atoms with Gasteiger partial charge in [0.2, 0.25) is 0 Å². The monoisotopic (exact) mass is 260 g/mol. The summed E-state index contributed by atoms with van der Waals surface area (Å²) in [6.45, 7) is 0. The summed E-state index contributed by atoms with van der Waals surface area (Å²) in [6.07, 6.45) is 0. The Morgan fingerprint density at radius 3 is 1.29 bits per heavy atom. The molecule has 0 spiro atoms.